The van der Waals surface area contributed by atoms with Crippen molar-refractivity contribution in [2.24, 2.45) is 0 Å². The Bertz CT molecular complexity index is 236. The lowest BCUT2D eigenvalue weighted by molar-refractivity contribution is 0.232. The van der Waals surface area contributed by atoms with Crippen molar-refractivity contribution in [1.82, 2.24) is 5.32 Å². The van der Waals surface area contributed by atoms with Crippen LogP contribution < -0.4 is 5.32 Å². The molecule has 0 aliphatic rings. The zero-order valence-electron chi connectivity index (χ0n) is 9.41. The van der Waals surface area contributed by atoms with E-state index in [1.807, 2.05) is 0 Å². The highest BCUT2D eigenvalue weighted by Crippen LogP contribution is 2.09. The largest absolute Gasteiger partial charge is 0.395 e. The van der Waals surface area contributed by atoms with Crippen molar-refractivity contribution in [3.05, 3.63) is 22.4 Å². The summed E-state index contributed by atoms with van der Waals surface area (Å²) in [6, 6.07) is 4.45. The molecule has 15 heavy (non-hydrogen) atoms. The van der Waals surface area contributed by atoms with Crippen LogP contribution in [0.2, 0.25) is 0 Å². The fraction of sp³-hybridized carbons (Fsp3) is 0.667. The molecule has 1 rings (SSSR count). The van der Waals surface area contributed by atoms with Crippen LogP contribution in [0.15, 0.2) is 17.5 Å². The zero-order valence-corrected chi connectivity index (χ0v) is 10.2. The maximum atomic E-state index is 9.19. The third kappa shape index (κ3) is 5.30. The third-order valence-electron chi connectivity index (χ3n) is 2.52. The molecule has 1 atom stereocenters. The molecule has 3 heteroatoms. The summed E-state index contributed by atoms with van der Waals surface area (Å²) < 4.78 is 0. The van der Waals surface area contributed by atoms with Crippen LogP contribution in [0.3, 0.4) is 0 Å². The number of hydrogen-bond donors (Lipinski definition) is 2. The molecule has 2 nitrogen and oxygen atoms in total. The number of hydrogen-bond acceptors (Lipinski definition) is 3. The molecule has 0 aromatic carbocycles. The topological polar surface area (TPSA) is 32.3 Å². The van der Waals surface area contributed by atoms with Gasteiger partial charge in [0.2, 0.25) is 0 Å². The van der Waals surface area contributed by atoms with E-state index in [0.29, 0.717) is 0 Å². The second-order valence-electron chi connectivity index (χ2n) is 3.84. The van der Waals surface area contributed by atoms with E-state index in [4.69, 9.17) is 0 Å². The fourth-order valence-electron chi connectivity index (χ4n) is 1.56. The van der Waals surface area contributed by atoms with Gasteiger partial charge in [-0.05, 0) is 17.9 Å². The molecular weight excluding hydrogens is 206 g/mol. The van der Waals surface area contributed by atoms with Crippen molar-refractivity contribution in [2.45, 2.75) is 45.2 Å². The van der Waals surface area contributed by atoms with E-state index in [1.165, 1.54) is 24.1 Å². The smallest absolute Gasteiger partial charge is 0.0584 e. The zero-order chi connectivity index (χ0) is 10.9. The van der Waals surface area contributed by atoms with Gasteiger partial charge in [0.05, 0.1) is 6.61 Å². The molecule has 0 saturated carbocycles. The van der Waals surface area contributed by atoms with Gasteiger partial charge >= 0.3 is 0 Å². The van der Waals surface area contributed by atoms with E-state index in [2.05, 4.69) is 29.8 Å². The molecule has 1 aromatic rings. The number of nitrogens with one attached hydrogen (secondary N) is 1. The molecule has 1 unspecified atom stereocenters. The molecule has 0 bridgehead atoms. The van der Waals surface area contributed by atoms with Gasteiger partial charge in [-0.25, -0.2) is 0 Å². The molecule has 0 aliphatic heterocycles. The highest BCUT2D eigenvalue weighted by atomic mass is 32.1. The van der Waals surface area contributed by atoms with Gasteiger partial charge in [-0.2, -0.15) is 0 Å². The van der Waals surface area contributed by atoms with Crippen molar-refractivity contribution in [2.75, 3.05) is 6.61 Å². The first-order valence-corrected chi connectivity index (χ1v) is 6.61. The summed E-state index contributed by atoms with van der Waals surface area (Å²) in [7, 11) is 0. The predicted molar refractivity (Wildman–Crippen MR) is 66.2 cm³/mol. The first-order valence-electron chi connectivity index (χ1n) is 5.73. The van der Waals surface area contributed by atoms with Crippen molar-refractivity contribution >= 4 is 11.3 Å². The van der Waals surface area contributed by atoms with Crippen LogP contribution in [0.25, 0.3) is 0 Å². The van der Waals surface area contributed by atoms with Crippen molar-refractivity contribution < 1.29 is 5.11 Å². The Morgan fingerprint density at radius 3 is 2.93 bits per heavy atom. The minimum Gasteiger partial charge on any atom is -0.395 e. The molecule has 0 amide bonds. The van der Waals surface area contributed by atoms with Crippen LogP contribution in [-0.2, 0) is 6.54 Å². The fourth-order valence-corrected chi connectivity index (χ4v) is 2.21. The Kier molecular flexibility index (Phi) is 6.64. The summed E-state index contributed by atoms with van der Waals surface area (Å²) in [5, 5.41) is 14.7. The van der Waals surface area contributed by atoms with Gasteiger partial charge < -0.3 is 10.4 Å². The van der Waals surface area contributed by atoms with Gasteiger partial charge in [0, 0.05) is 17.5 Å². The molecule has 0 radical (unpaired) electrons. The maximum absolute atomic E-state index is 9.19. The summed E-state index contributed by atoms with van der Waals surface area (Å²) in [5.74, 6) is 0. The average molecular weight is 227 g/mol. The molecular formula is C12H21NOS. The van der Waals surface area contributed by atoms with Crippen LogP contribution in [0.4, 0.5) is 0 Å². The first kappa shape index (κ1) is 12.7. The summed E-state index contributed by atoms with van der Waals surface area (Å²) in [6.07, 6.45) is 4.79. The molecule has 86 valence electrons. The average Bonchev–Trinajstić information content (AvgIpc) is 2.76. The van der Waals surface area contributed by atoms with Gasteiger partial charge in [-0.15, -0.1) is 11.3 Å². The Balaban J connectivity index is 2.16. The summed E-state index contributed by atoms with van der Waals surface area (Å²) in [6.45, 7) is 3.33. The minimum atomic E-state index is 0.245. The first-order chi connectivity index (χ1) is 7.36. The Labute approximate surface area is 96.3 Å². The summed E-state index contributed by atoms with van der Waals surface area (Å²) in [5.41, 5.74) is 0. The monoisotopic (exact) mass is 227 g/mol. The van der Waals surface area contributed by atoms with Crippen LogP contribution in [0.5, 0.6) is 0 Å². The summed E-state index contributed by atoms with van der Waals surface area (Å²) in [4.78, 5) is 1.34. The van der Waals surface area contributed by atoms with Crippen LogP contribution in [0, 0.1) is 0 Å². The second kappa shape index (κ2) is 7.85. The molecule has 0 fully saturated rings. The number of aliphatic hydroxyl groups is 1. The van der Waals surface area contributed by atoms with E-state index in [-0.39, 0.29) is 12.6 Å². The van der Waals surface area contributed by atoms with Gasteiger partial charge in [-0.1, -0.05) is 32.3 Å². The minimum absolute atomic E-state index is 0.245. The maximum Gasteiger partial charge on any atom is 0.0584 e. The second-order valence-corrected chi connectivity index (χ2v) is 4.87. The lowest BCUT2D eigenvalue weighted by atomic mass is 10.1. The van der Waals surface area contributed by atoms with Crippen molar-refractivity contribution in [1.29, 1.82) is 0 Å². The Morgan fingerprint density at radius 1 is 1.47 bits per heavy atom. The van der Waals surface area contributed by atoms with Crippen LogP contribution >= 0.6 is 11.3 Å². The SMILES string of the molecule is CCCCCC(CO)NCc1cccs1. The van der Waals surface area contributed by atoms with Crippen molar-refractivity contribution in [3.63, 3.8) is 0 Å². The molecule has 1 heterocycles. The number of rotatable bonds is 8. The van der Waals surface area contributed by atoms with E-state index < -0.39 is 0 Å². The van der Waals surface area contributed by atoms with Gasteiger partial charge in [0.25, 0.3) is 0 Å². The molecule has 0 spiro atoms. The van der Waals surface area contributed by atoms with Crippen LogP contribution in [0.1, 0.15) is 37.5 Å². The normalized spacial score (nSPS) is 12.9. The van der Waals surface area contributed by atoms with Crippen LogP contribution in [-0.4, -0.2) is 17.8 Å². The third-order valence-corrected chi connectivity index (χ3v) is 3.40. The molecule has 0 aliphatic carbocycles. The van der Waals surface area contributed by atoms with E-state index in [1.54, 1.807) is 11.3 Å². The highest BCUT2D eigenvalue weighted by Gasteiger charge is 2.06. The van der Waals surface area contributed by atoms with Gasteiger partial charge in [-0.3, -0.25) is 0 Å². The van der Waals surface area contributed by atoms with E-state index in [0.717, 1.165) is 13.0 Å². The van der Waals surface area contributed by atoms with Gasteiger partial charge in [0.1, 0.15) is 0 Å². The molecule has 0 saturated heterocycles. The number of thiophene rings is 1. The molecule has 2 N–H and O–H groups in total. The van der Waals surface area contributed by atoms with Crippen molar-refractivity contribution in [3.8, 4) is 0 Å². The highest BCUT2D eigenvalue weighted by molar-refractivity contribution is 7.09. The van der Waals surface area contributed by atoms with Gasteiger partial charge in [0.15, 0.2) is 0 Å². The standard InChI is InChI=1S/C12H21NOS/c1-2-3-4-6-11(10-14)13-9-12-7-5-8-15-12/h5,7-8,11,13-14H,2-4,6,9-10H2,1H3. The quantitative estimate of drug-likeness (QED) is 0.669. The Morgan fingerprint density at radius 2 is 2.33 bits per heavy atom. The number of aliphatic hydroxyl groups excluding tert-OH is 1. The lowest BCUT2D eigenvalue weighted by Gasteiger charge is -2.15. The number of unbranched alkanes of at least 4 members (excludes halogenated alkanes) is 2. The molecule has 1 aromatic heterocycles. The lowest BCUT2D eigenvalue weighted by Crippen LogP contribution is -2.31. The summed E-state index contributed by atoms with van der Waals surface area (Å²) >= 11 is 1.76. The van der Waals surface area contributed by atoms with E-state index >= 15 is 0 Å². The van der Waals surface area contributed by atoms with E-state index in [9.17, 15) is 5.11 Å². The Hall–Kier alpha value is -0.380. The predicted octanol–water partition coefficient (Wildman–Crippen LogP) is 2.78.